The summed E-state index contributed by atoms with van der Waals surface area (Å²) in [4.78, 5) is 0. The second kappa shape index (κ2) is 5.02. The van der Waals surface area contributed by atoms with Crippen molar-refractivity contribution in [3.63, 3.8) is 0 Å². The minimum absolute atomic E-state index is 0.0964. The summed E-state index contributed by atoms with van der Waals surface area (Å²) in [5.74, 6) is 0.709. The molecule has 0 unspecified atom stereocenters. The number of benzene rings is 1. The van der Waals surface area contributed by atoms with Gasteiger partial charge < -0.3 is 19.7 Å². The zero-order chi connectivity index (χ0) is 13.2. The SMILES string of the molecule is COc1cc(O)c(Cl)c(C(C)(C)CO)c1OC. The first kappa shape index (κ1) is 13.9. The van der Waals surface area contributed by atoms with Crippen LogP contribution in [0.5, 0.6) is 17.2 Å². The number of hydrogen-bond acceptors (Lipinski definition) is 4. The maximum absolute atomic E-state index is 9.74. The van der Waals surface area contributed by atoms with E-state index < -0.39 is 5.41 Å². The highest BCUT2D eigenvalue weighted by Crippen LogP contribution is 2.47. The molecule has 0 bridgehead atoms. The Morgan fingerprint density at radius 1 is 1.29 bits per heavy atom. The molecule has 96 valence electrons. The fraction of sp³-hybridized carbons (Fsp3) is 0.500. The van der Waals surface area contributed by atoms with Gasteiger partial charge in [-0.1, -0.05) is 25.4 Å². The number of hydrogen-bond donors (Lipinski definition) is 2. The predicted molar refractivity (Wildman–Crippen MR) is 66.3 cm³/mol. The van der Waals surface area contributed by atoms with E-state index in [1.54, 1.807) is 13.8 Å². The van der Waals surface area contributed by atoms with Crippen molar-refractivity contribution in [1.29, 1.82) is 0 Å². The molecule has 0 heterocycles. The molecular formula is C12H17ClO4. The molecule has 17 heavy (non-hydrogen) atoms. The van der Waals surface area contributed by atoms with Crippen LogP contribution in [-0.2, 0) is 5.41 Å². The predicted octanol–water partition coefficient (Wildman–Crippen LogP) is 2.33. The van der Waals surface area contributed by atoms with Crippen molar-refractivity contribution in [2.24, 2.45) is 0 Å². The molecule has 1 aromatic carbocycles. The number of methoxy groups -OCH3 is 2. The average molecular weight is 261 g/mol. The zero-order valence-electron chi connectivity index (χ0n) is 10.4. The first-order valence-corrected chi connectivity index (χ1v) is 5.51. The molecule has 1 rings (SSSR count). The molecule has 0 fully saturated rings. The lowest BCUT2D eigenvalue weighted by atomic mass is 9.84. The van der Waals surface area contributed by atoms with Gasteiger partial charge in [0, 0.05) is 17.0 Å². The van der Waals surface area contributed by atoms with Gasteiger partial charge in [-0.15, -0.1) is 0 Å². The van der Waals surface area contributed by atoms with Crippen molar-refractivity contribution in [3.05, 3.63) is 16.7 Å². The molecule has 4 nitrogen and oxygen atoms in total. The van der Waals surface area contributed by atoms with E-state index >= 15 is 0 Å². The van der Waals surface area contributed by atoms with Crippen LogP contribution in [0.15, 0.2) is 6.07 Å². The van der Waals surface area contributed by atoms with Gasteiger partial charge in [0.05, 0.1) is 25.8 Å². The van der Waals surface area contributed by atoms with Gasteiger partial charge >= 0.3 is 0 Å². The van der Waals surface area contributed by atoms with Gasteiger partial charge in [0.15, 0.2) is 11.5 Å². The number of phenolic OH excluding ortho intramolecular Hbond substituents is 1. The number of halogens is 1. The molecule has 2 N–H and O–H groups in total. The standard InChI is InChI=1S/C12H17ClO4/c1-12(2,6-14)9-10(13)7(15)5-8(16-3)11(9)17-4/h5,14-15H,6H2,1-4H3. The van der Waals surface area contributed by atoms with Gasteiger partial charge in [-0.25, -0.2) is 0 Å². The molecule has 0 aromatic heterocycles. The van der Waals surface area contributed by atoms with E-state index in [2.05, 4.69) is 0 Å². The van der Waals surface area contributed by atoms with Crippen molar-refractivity contribution in [2.75, 3.05) is 20.8 Å². The van der Waals surface area contributed by atoms with Crippen LogP contribution in [0.3, 0.4) is 0 Å². The molecule has 1 aromatic rings. The summed E-state index contributed by atoms with van der Waals surface area (Å²) < 4.78 is 10.4. The maximum atomic E-state index is 9.74. The minimum Gasteiger partial charge on any atom is -0.506 e. The molecule has 0 aliphatic heterocycles. The van der Waals surface area contributed by atoms with E-state index in [4.69, 9.17) is 21.1 Å². The van der Waals surface area contributed by atoms with E-state index in [0.29, 0.717) is 17.1 Å². The number of rotatable bonds is 4. The largest absolute Gasteiger partial charge is 0.506 e. The molecule has 0 spiro atoms. The molecule has 5 heteroatoms. The van der Waals surface area contributed by atoms with E-state index in [0.717, 1.165) is 0 Å². The Kier molecular flexibility index (Phi) is 4.11. The Morgan fingerprint density at radius 3 is 2.29 bits per heavy atom. The maximum Gasteiger partial charge on any atom is 0.166 e. The monoisotopic (exact) mass is 260 g/mol. The van der Waals surface area contributed by atoms with Crippen LogP contribution in [0.4, 0.5) is 0 Å². The smallest absolute Gasteiger partial charge is 0.166 e. The highest BCUT2D eigenvalue weighted by molar-refractivity contribution is 6.33. The Bertz CT molecular complexity index is 415. The first-order chi connectivity index (χ1) is 7.88. The summed E-state index contributed by atoms with van der Waals surface area (Å²) in [5.41, 5.74) is -0.116. The van der Waals surface area contributed by atoms with Crippen molar-refractivity contribution < 1.29 is 19.7 Å². The third kappa shape index (κ3) is 2.42. The Balaban J connectivity index is 3.60. The number of phenols is 1. The van der Waals surface area contributed by atoms with Crippen LogP contribution in [0.25, 0.3) is 0 Å². The van der Waals surface area contributed by atoms with Crippen LogP contribution in [-0.4, -0.2) is 31.0 Å². The number of ether oxygens (including phenoxy) is 2. The van der Waals surface area contributed by atoms with Gasteiger partial charge in [0.1, 0.15) is 5.75 Å². The van der Waals surface area contributed by atoms with E-state index in [-0.39, 0.29) is 17.4 Å². The van der Waals surface area contributed by atoms with Gasteiger partial charge in [0.2, 0.25) is 0 Å². The highest BCUT2D eigenvalue weighted by atomic mass is 35.5. The summed E-state index contributed by atoms with van der Waals surface area (Å²) in [6.07, 6.45) is 0. The van der Waals surface area contributed by atoms with E-state index in [1.807, 2.05) is 0 Å². The Morgan fingerprint density at radius 2 is 1.88 bits per heavy atom. The summed E-state index contributed by atoms with van der Waals surface area (Å²) in [6.45, 7) is 3.47. The molecule has 0 amide bonds. The van der Waals surface area contributed by atoms with Crippen LogP contribution in [0, 0.1) is 0 Å². The van der Waals surface area contributed by atoms with E-state index in [9.17, 15) is 10.2 Å². The topological polar surface area (TPSA) is 58.9 Å². The average Bonchev–Trinajstić information content (AvgIpc) is 2.31. The lowest BCUT2D eigenvalue weighted by Crippen LogP contribution is -2.23. The van der Waals surface area contributed by atoms with Crippen LogP contribution in [0.1, 0.15) is 19.4 Å². The third-order valence-corrected chi connectivity index (χ3v) is 3.04. The van der Waals surface area contributed by atoms with Crippen LogP contribution in [0.2, 0.25) is 5.02 Å². The van der Waals surface area contributed by atoms with Gasteiger partial charge in [-0.3, -0.25) is 0 Å². The summed E-state index contributed by atoms with van der Waals surface area (Å²) in [5, 5.41) is 19.3. The molecule has 0 radical (unpaired) electrons. The van der Waals surface area contributed by atoms with E-state index in [1.165, 1.54) is 20.3 Å². The Labute approximate surface area is 106 Å². The van der Waals surface area contributed by atoms with Crippen LogP contribution >= 0.6 is 11.6 Å². The number of aliphatic hydroxyl groups excluding tert-OH is 1. The van der Waals surface area contributed by atoms with Crippen LogP contribution < -0.4 is 9.47 Å². The number of aliphatic hydroxyl groups is 1. The number of aromatic hydroxyl groups is 1. The van der Waals surface area contributed by atoms with Gasteiger partial charge in [-0.05, 0) is 0 Å². The molecular weight excluding hydrogens is 244 g/mol. The normalized spacial score (nSPS) is 11.4. The summed E-state index contributed by atoms with van der Waals surface area (Å²) >= 11 is 6.07. The minimum atomic E-state index is -0.644. The quantitative estimate of drug-likeness (QED) is 0.872. The second-order valence-electron chi connectivity index (χ2n) is 4.36. The highest BCUT2D eigenvalue weighted by Gasteiger charge is 2.30. The molecule has 0 saturated heterocycles. The lowest BCUT2D eigenvalue weighted by molar-refractivity contribution is 0.213. The van der Waals surface area contributed by atoms with Gasteiger partial charge in [0.25, 0.3) is 0 Å². The molecule has 0 aliphatic carbocycles. The summed E-state index contributed by atoms with van der Waals surface area (Å²) in [6, 6.07) is 1.39. The lowest BCUT2D eigenvalue weighted by Gasteiger charge is -2.27. The molecule has 0 atom stereocenters. The first-order valence-electron chi connectivity index (χ1n) is 5.13. The fourth-order valence-corrected chi connectivity index (χ4v) is 2.04. The Hall–Kier alpha value is -1.13. The molecule has 0 saturated carbocycles. The van der Waals surface area contributed by atoms with Crippen molar-refractivity contribution in [2.45, 2.75) is 19.3 Å². The van der Waals surface area contributed by atoms with Gasteiger partial charge in [-0.2, -0.15) is 0 Å². The van der Waals surface area contributed by atoms with Crippen molar-refractivity contribution in [1.82, 2.24) is 0 Å². The van der Waals surface area contributed by atoms with Crippen molar-refractivity contribution in [3.8, 4) is 17.2 Å². The zero-order valence-corrected chi connectivity index (χ0v) is 11.1. The van der Waals surface area contributed by atoms with Crippen molar-refractivity contribution >= 4 is 11.6 Å². The second-order valence-corrected chi connectivity index (χ2v) is 4.74. The fourth-order valence-electron chi connectivity index (χ4n) is 1.64. The summed E-state index contributed by atoms with van der Waals surface area (Å²) in [7, 11) is 2.96. The molecule has 0 aliphatic rings. The third-order valence-electron chi connectivity index (χ3n) is 2.66.